The molecule has 0 bridgehead atoms. The first-order valence-corrected chi connectivity index (χ1v) is 6.29. The Morgan fingerprint density at radius 2 is 2.15 bits per heavy atom. The number of aliphatic hydroxyl groups is 1. The van der Waals surface area contributed by atoms with Gasteiger partial charge in [0.25, 0.3) is 5.91 Å². The first-order valence-electron chi connectivity index (χ1n) is 6.29. The highest BCUT2D eigenvalue weighted by Crippen LogP contribution is 2.08. The second-order valence-electron chi connectivity index (χ2n) is 4.13. The Kier molecular flexibility index (Phi) is 4.99. The van der Waals surface area contributed by atoms with Crippen LogP contribution in [0.2, 0.25) is 0 Å². The number of carbonyl (C=O) groups is 1. The molecule has 20 heavy (non-hydrogen) atoms. The summed E-state index contributed by atoms with van der Waals surface area (Å²) >= 11 is 0. The van der Waals surface area contributed by atoms with E-state index in [0.29, 0.717) is 18.5 Å². The minimum atomic E-state index is -0.183. The second-order valence-corrected chi connectivity index (χ2v) is 4.13. The maximum absolute atomic E-state index is 11.8. The molecule has 0 atom stereocenters. The van der Waals surface area contributed by atoms with E-state index in [2.05, 4.69) is 17.2 Å². The number of carbonyl (C=O) groups excluding carboxylic acids is 1. The van der Waals surface area contributed by atoms with Gasteiger partial charge in [0.05, 0.1) is 18.4 Å². The molecule has 1 aromatic heterocycles. The lowest BCUT2D eigenvalue weighted by molar-refractivity contribution is 0.0950. The number of hydrogen-bond acceptors (Lipinski definition) is 3. The molecule has 1 heterocycles. The van der Waals surface area contributed by atoms with Gasteiger partial charge in [-0.1, -0.05) is 30.0 Å². The molecular formula is C16H15NO3. The SMILES string of the molecule is O=C(NCc1ccccc1C#CCCO)c1ccoc1. The lowest BCUT2D eigenvalue weighted by Gasteiger charge is -2.06. The average molecular weight is 269 g/mol. The minimum Gasteiger partial charge on any atom is -0.472 e. The first kappa shape index (κ1) is 13.9. The maximum Gasteiger partial charge on any atom is 0.254 e. The van der Waals surface area contributed by atoms with Crippen molar-refractivity contribution in [3.63, 3.8) is 0 Å². The van der Waals surface area contributed by atoms with Gasteiger partial charge < -0.3 is 14.8 Å². The molecule has 0 saturated heterocycles. The first-order chi connectivity index (χ1) is 9.81. The van der Waals surface area contributed by atoms with Crippen LogP contribution in [0.25, 0.3) is 0 Å². The van der Waals surface area contributed by atoms with Crippen molar-refractivity contribution in [1.82, 2.24) is 5.32 Å². The van der Waals surface area contributed by atoms with E-state index in [9.17, 15) is 4.79 Å². The highest BCUT2D eigenvalue weighted by molar-refractivity contribution is 5.93. The van der Waals surface area contributed by atoms with Crippen LogP contribution in [-0.2, 0) is 6.54 Å². The molecule has 0 spiro atoms. The normalized spacial score (nSPS) is 9.65. The van der Waals surface area contributed by atoms with Gasteiger partial charge in [0.2, 0.25) is 0 Å². The lowest BCUT2D eigenvalue weighted by atomic mass is 10.1. The molecule has 1 amide bonds. The predicted octanol–water partition coefficient (Wildman–Crippen LogP) is 1.94. The summed E-state index contributed by atoms with van der Waals surface area (Å²) in [5.74, 6) is 5.69. The molecule has 102 valence electrons. The van der Waals surface area contributed by atoms with E-state index in [4.69, 9.17) is 9.52 Å². The Balaban J connectivity index is 2.03. The van der Waals surface area contributed by atoms with E-state index in [1.54, 1.807) is 6.07 Å². The van der Waals surface area contributed by atoms with Gasteiger partial charge in [-0.3, -0.25) is 4.79 Å². The molecule has 4 nitrogen and oxygen atoms in total. The number of aliphatic hydroxyl groups excluding tert-OH is 1. The van der Waals surface area contributed by atoms with Crippen LogP contribution in [0.15, 0.2) is 47.3 Å². The predicted molar refractivity (Wildman–Crippen MR) is 74.9 cm³/mol. The molecule has 2 N–H and O–H groups in total. The molecule has 2 aromatic rings. The third-order valence-electron chi connectivity index (χ3n) is 2.70. The number of rotatable bonds is 4. The number of furan rings is 1. The van der Waals surface area contributed by atoms with Crippen LogP contribution in [0.4, 0.5) is 0 Å². The molecule has 0 unspecified atom stereocenters. The lowest BCUT2D eigenvalue weighted by Crippen LogP contribution is -2.22. The van der Waals surface area contributed by atoms with Gasteiger partial charge >= 0.3 is 0 Å². The second kappa shape index (κ2) is 7.17. The van der Waals surface area contributed by atoms with E-state index >= 15 is 0 Å². The van der Waals surface area contributed by atoms with Crippen LogP contribution in [0.5, 0.6) is 0 Å². The Labute approximate surface area is 117 Å². The average Bonchev–Trinajstić information content (AvgIpc) is 3.00. The van der Waals surface area contributed by atoms with E-state index in [1.807, 2.05) is 24.3 Å². The number of amides is 1. The van der Waals surface area contributed by atoms with Crippen LogP contribution in [-0.4, -0.2) is 17.6 Å². The van der Waals surface area contributed by atoms with E-state index in [0.717, 1.165) is 11.1 Å². The van der Waals surface area contributed by atoms with Gasteiger partial charge in [-0.25, -0.2) is 0 Å². The molecule has 4 heteroatoms. The van der Waals surface area contributed by atoms with Gasteiger partial charge in [-0.05, 0) is 17.7 Å². The van der Waals surface area contributed by atoms with E-state index in [1.165, 1.54) is 12.5 Å². The molecule has 0 fully saturated rings. The highest BCUT2D eigenvalue weighted by Gasteiger charge is 2.07. The van der Waals surface area contributed by atoms with Crippen LogP contribution < -0.4 is 5.32 Å². The molecule has 0 radical (unpaired) electrons. The highest BCUT2D eigenvalue weighted by atomic mass is 16.3. The Morgan fingerprint density at radius 1 is 1.30 bits per heavy atom. The topological polar surface area (TPSA) is 62.5 Å². The Bertz CT molecular complexity index is 621. The van der Waals surface area contributed by atoms with Crippen molar-refractivity contribution >= 4 is 5.91 Å². The van der Waals surface area contributed by atoms with Gasteiger partial charge in [0.1, 0.15) is 6.26 Å². The van der Waals surface area contributed by atoms with Crippen molar-refractivity contribution in [2.24, 2.45) is 0 Å². The van der Waals surface area contributed by atoms with Crippen molar-refractivity contribution < 1.29 is 14.3 Å². The quantitative estimate of drug-likeness (QED) is 0.834. The summed E-state index contributed by atoms with van der Waals surface area (Å²) in [5.41, 5.74) is 2.29. The number of nitrogens with one attached hydrogen (secondary N) is 1. The van der Waals surface area contributed by atoms with Crippen molar-refractivity contribution in [3.05, 3.63) is 59.5 Å². The van der Waals surface area contributed by atoms with E-state index in [-0.39, 0.29) is 12.5 Å². The summed E-state index contributed by atoms with van der Waals surface area (Å²) in [4.78, 5) is 11.8. The standard InChI is InChI=1S/C16H15NO3/c18-9-4-3-6-13-5-1-2-7-14(13)11-17-16(19)15-8-10-20-12-15/h1-2,5,7-8,10,12,18H,4,9,11H2,(H,17,19). The van der Waals surface area contributed by atoms with Crippen molar-refractivity contribution in [1.29, 1.82) is 0 Å². The largest absolute Gasteiger partial charge is 0.472 e. The van der Waals surface area contributed by atoms with Crippen molar-refractivity contribution in [2.75, 3.05) is 6.61 Å². The molecule has 2 rings (SSSR count). The summed E-state index contributed by atoms with van der Waals surface area (Å²) in [6.07, 6.45) is 3.31. The molecule has 1 aromatic carbocycles. The Morgan fingerprint density at radius 3 is 2.90 bits per heavy atom. The Hall–Kier alpha value is -2.51. The molecule has 0 saturated carbocycles. The zero-order valence-corrected chi connectivity index (χ0v) is 10.9. The third kappa shape index (κ3) is 3.74. The monoisotopic (exact) mass is 269 g/mol. The van der Waals surface area contributed by atoms with Gasteiger partial charge in [0.15, 0.2) is 0 Å². The zero-order valence-electron chi connectivity index (χ0n) is 10.9. The molecule has 0 aliphatic carbocycles. The minimum absolute atomic E-state index is 0.0480. The summed E-state index contributed by atoms with van der Waals surface area (Å²) in [6, 6.07) is 9.21. The summed E-state index contributed by atoms with van der Waals surface area (Å²) < 4.78 is 4.87. The van der Waals surface area contributed by atoms with Gasteiger partial charge in [-0.2, -0.15) is 0 Å². The van der Waals surface area contributed by atoms with Crippen molar-refractivity contribution in [3.8, 4) is 11.8 Å². The molecular weight excluding hydrogens is 254 g/mol. The van der Waals surface area contributed by atoms with Crippen LogP contribution in [0, 0.1) is 11.8 Å². The van der Waals surface area contributed by atoms with Crippen molar-refractivity contribution in [2.45, 2.75) is 13.0 Å². The smallest absolute Gasteiger partial charge is 0.254 e. The fraction of sp³-hybridized carbons (Fsp3) is 0.188. The summed E-state index contributed by atoms with van der Waals surface area (Å²) in [6.45, 7) is 0.445. The summed E-state index contributed by atoms with van der Waals surface area (Å²) in [7, 11) is 0. The van der Waals surface area contributed by atoms with Crippen LogP contribution >= 0.6 is 0 Å². The van der Waals surface area contributed by atoms with Gasteiger partial charge in [0, 0.05) is 18.5 Å². The van der Waals surface area contributed by atoms with Crippen LogP contribution in [0.3, 0.4) is 0 Å². The third-order valence-corrected chi connectivity index (χ3v) is 2.70. The van der Waals surface area contributed by atoms with Crippen LogP contribution in [0.1, 0.15) is 27.9 Å². The zero-order chi connectivity index (χ0) is 14.2. The number of benzene rings is 1. The number of hydrogen-bond donors (Lipinski definition) is 2. The maximum atomic E-state index is 11.8. The van der Waals surface area contributed by atoms with E-state index < -0.39 is 0 Å². The molecule has 0 aliphatic heterocycles. The summed E-state index contributed by atoms with van der Waals surface area (Å²) in [5, 5.41) is 11.5. The fourth-order valence-corrected chi connectivity index (χ4v) is 1.68. The molecule has 0 aliphatic rings. The fourth-order valence-electron chi connectivity index (χ4n) is 1.68. The van der Waals surface area contributed by atoms with Gasteiger partial charge in [-0.15, -0.1) is 0 Å².